The SMILES string of the molecule is CC(/C=C/C(=O)c1ccc(C)s1)=C\c1ccco1. The van der Waals surface area contributed by atoms with Crippen LogP contribution < -0.4 is 0 Å². The summed E-state index contributed by atoms with van der Waals surface area (Å²) in [5, 5.41) is 0. The number of rotatable bonds is 4. The maximum absolute atomic E-state index is 11.8. The Balaban J connectivity index is 2.05. The molecule has 2 nitrogen and oxygen atoms in total. The van der Waals surface area contributed by atoms with Gasteiger partial charge in [0.05, 0.1) is 11.1 Å². The minimum Gasteiger partial charge on any atom is -0.465 e. The summed E-state index contributed by atoms with van der Waals surface area (Å²) in [5.41, 5.74) is 0.978. The molecule has 2 heterocycles. The molecule has 0 N–H and O–H groups in total. The van der Waals surface area contributed by atoms with Gasteiger partial charge in [-0.05, 0) is 55.8 Å². The van der Waals surface area contributed by atoms with Gasteiger partial charge in [-0.15, -0.1) is 11.3 Å². The van der Waals surface area contributed by atoms with E-state index in [-0.39, 0.29) is 5.78 Å². The number of thiophene rings is 1. The van der Waals surface area contributed by atoms with Crippen LogP contribution in [0, 0.1) is 6.92 Å². The normalized spacial score (nSPS) is 12.2. The monoisotopic (exact) mass is 258 g/mol. The summed E-state index contributed by atoms with van der Waals surface area (Å²) in [7, 11) is 0. The van der Waals surface area contributed by atoms with Gasteiger partial charge in [-0.1, -0.05) is 6.08 Å². The molecule has 2 aromatic heterocycles. The molecule has 0 fully saturated rings. The highest BCUT2D eigenvalue weighted by Gasteiger charge is 2.03. The number of hydrogen-bond donors (Lipinski definition) is 0. The largest absolute Gasteiger partial charge is 0.465 e. The van der Waals surface area contributed by atoms with Gasteiger partial charge in [0, 0.05) is 4.88 Å². The summed E-state index contributed by atoms with van der Waals surface area (Å²) in [6.45, 7) is 3.93. The first-order valence-electron chi connectivity index (χ1n) is 5.66. The Hall–Kier alpha value is -1.87. The summed E-state index contributed by atoms with van der Waals surface area (Å²) in [6.07, 6.45) is 6.92. The first-order valence-corrected chi connectivity index (χ1v) is 6.47. The second-order valence-corrected chi connectivity index (χ2v) is 5.30. The summed E-state index contributed by atoms with van der Waals surface area (Å²) < 4.78 is 5.21. The van der Waals surface area contributed by atoms with Crippen molar-refractivity contribution in [2.75, 3.05) is 0 Å². The van der Waals surface area contributed by atoms with Crippen LogP contribution in [0.5, 0.6) is 0 Å². The standard InChI is InChI=1S/C15H14O2S/c1-11(10-13-4-3-9-17-13)5-7-14(16)15-8-6-12(2)18-15/h3-10H,1-2H3/b7-5+,11-10+. The van der Waals surface area contributed by atoms with Crippen LogP contribution in [0.1, 0.15) is 27.2 Å². The van der Waals surface area contributed by atoms with Crippen LogP contribution >= 0.6 is 11.3 Å². The minimum atomic E-state index is 0.0419. The molecule has 18 heavy (non-hydrogen) atoms. The fraction of sp³-hybridized carbons (Fsp3) is 0.133. The molecular weight excluding hydrogens is 244 g/mol. The molecule has 0 aliphatic rings. The number of hydrogen-bond acceptors (Lipinski definition) is 3. The van der Waals surface area contributed by atoms with E-state index < -0.39 is 0 Å². The van der Waals surface area contributed by atoms with Gasteiger partial charge in [-0.2, -0.15) is 0 Å². The fourth-order valence-corrected chi connectivity index (χ4v) is 2.29. The molecular formula is C15H14O2S. The molecule has 0 aliphatic carbocycles. The van der Waals surface area contributed by atoms with E-state index in [1.807, 2.05) is 44.2 Å². The Morgan fingerprint density at radius 1 is 1.28 bits per heavy atom. The van der Waals surface area contributed by atoms with Gasteiger partial charge in [-0.3, -0.25) is 4.79 Å². The van der Waals surface area contributed by atoms with Crippen molar-refractivity contribution in [2.24, 2.45) is 0 Å². The van der Waals surface area contributed by atoms with Crippen molar-refractivity contribution >= 4 is 23.2 Å². The molecule has 0 saturated carbocycles. The van der Waals surface area contributed by atoms with Crippen LogP contribution in [-0.4, -0.2) is 5.78 Å². The van der Waals surface area contributed by atoms with Gasteiger partial charge >= 0.3 is 0 Å². The number of carbonyl (C=O) groups is 1. The highest BCUT2D eigenvalue weighted by molar-refractivity contribution is 7.14. The predicted octanol–water partition coefficient (Wildman–Crippen LogP) is 4.49. The smallest absolute Gasteiger partial charge is 0.195 e. The lowest BCUT2D eigenvalue weighted by Crippen LogP contribution is -1.88. The van der Waals surface area contributed by atoms with E-state index in [4.69, 9.17) is 4.42 Å². The van der Waals surface area contributed by atoms with Crippen molar-refractivity contribution in [1.29, 1.82) is 0 Å². The van der Waals surface area contributed by atoms with Crippen LogP contribution in [0.3, 0.4) is 0 Å². The fourth-order valence-electron chi connectivity index (χ4n) is 1.50. The topological polar surface area (TPSA) is 30.2 Å². The molecule has 0 atom stereocenters. The average Bonchev–Trinajstić information content (AvgIpc) is 2.97. The number of carbonyl (C=O) groups excluding carboxylic acids is 1. The minimum absolute atomic E-state index is 0.0419. The van der Waals surface area contributed by atoms with E-state index in [1.54, 1.807) is 18.4 Å². The van der Waals surface area contributed by atoms with Crippen LogP contribution in [0.25, 0.3) is 6.08 Å². The Morgan fingerprint density at radius 3 is 2.72 bits per heavy atom. The predicted molar refractivity (Wildman–Crippen MR) is 74.9 cm³/mol. The maximum Gasteiger partial charge on any atom is 0.195 e. The number of ketones is 1. The zero-order chi connectivity index (χ0) is 13.0. The van der Waals surface area contributed by atoms with Gasteiger partial charge in [0.1, 0.15) is 5.76 Å². The van der Waals surface area contributed by atoms with Gasteiger partial charge in [0.25, 0.3) is 0 Å². The molecule has 0 unspecified atom stereocenters. The summed E-state index contributed by atoms with van der Waals surface area (Å²) in [4.78, 5) is 13.8. The molecule has 92 valence electrons. The second kappa shape index (κ2) is 5.65. The Bertz CT molecular complexity index is 586. The van der Waals surface area contributed by atoms with Crippen LogP contribution in [0.2, 0.25) is 0 Å². The number of aryl methyl sites for hydroxylation is 1. The number of furan rings is 1. The quantitative estimate of drug-likeness (QED) is 0.459. The lowest BCUT2D eigenvalue weighted by molar-refractivity contribution is 0.105. The van der Waals surface area contributed by atoms with Crippen molar-refractivity contribution in [3.8, 4) is 0 Å². The molecule has 0 saturated heterocycles. The third-order valence-corrected chi connectivity index (χ3v) is 3.41. The Labute approximate surface area is 110 Å². The summed E-state index contributed by atoms with van der Waals surface area (Å²) in [6, 6.07) is 7.53. The molecule has 3 heteroatoms. The first kappa shape index (κ1) is 12.6. The lowest BCUT2D eigenvalue weighted by Gasteiger charge is -1.91. The van der Waals surface area contributed by atoms with E-state index >= 15 is 0 Å². The van der Waals surface area contributed by atoms with Gasteiger partial charge in [-0.25, -0.2) is 0 Å². The summed E-state index contributed by atoms with van der Waals surface area (Å²) in [5.74, 6) is 0.830. The van der Waals surface area contributed by atoms with E-state index in [2.05, 4.69) is 0 Å². The van der Waals surface area contributed by atoms with Crippen LogP contribution in [0.15, 0.2) is 52.7 Å². The molecule has 0 aromatic carbocycles. The molecule has 0 radical (unpaired) electrons. The average molecular weight is 258 g/mol. The zero-order valence-corrected chi connectivity index (χ0v) is 11.2. The van der Waals surface area contributed by atoms with E-state index in [0.717, 1.165) is 21.1 Å². The van der Waals surface area contributed by atoms with E-state index in [9.17, 15) is 4.79 Å². The van der Waals surface area contributed by atoms with Crippen molar-refractivity contribution in [3.63, 3.8) is 0 Å². The third kappa shape index (κ3) is 3.31. The molecule has 0 amide bonds. The molecule has 0 spiro atoms. The van der Waals surface area contributed by atoms with Gasteiger partial charge in [0.15, 0.2) is 5.78 Å². The van der Waals surface area contributed by atoms with Crippen molar-refractivity contribution in [2.45, 2.75) is 13.8 Å². The van der Waals surface area contributed by atoms with Crippen molar-refractivity contribution in [1.82, 2.24) is 0 Å². The number of allylic oxidation sites excluding steroid dienone is 3. The van der Waals surface area contributed by atoms with Gasteiger partial charge < -0.3 is 4.42 Å². The van der Waals surface area contributed by atoms with E-state index in [0.29, 0.717) is 0 Å². The molecule has 2 aromatic rings. The molecule has 2 rings (SSSR count). The lowest BCUT2D eigenvalue weighted by atomic mass is 10.2. The highest BCUT2D eigenvalue weighted by atomic mass is 32.1. The second-order valence-electron chi connectivity index (χ2n) is 4.01. The highest BCUT2D eigenvalue weighted by Crippen LogP contribution is 2.16. The van der Waals surface area contributed by atoms with Crippen molar-refractivity contribution < 1.29 is 9.21 Å². The maximum atomic E-state index is 11.8. The molecule has 0 bridgehead atoms. The zero-order valence-electron chi connectivity index (χ0n) is 10.3. The third-order valence-electron chi connectivity index (χ3n) is 2.39. The van der Waals surface area contributed by atoms with Crippen LogP contribution in [0.4, 0.5) is 0 Å². The molecule has 0 aliphatic heterocycles. The summed E-state index contributed by atoms with van der Waals surface area (Å²) >= 11 is 1.51. The Kier molecular flexibility index (Phi) is 3.95. The van der Waals surface area contributed by atoms with Gasteiger partial charge in [0.2, 0.25) is 0 Å². The Morgan fingerprint density at radius 2 is 2.11 bits per heavy atom. The van der Waals surface area contributed by atoms with Crippen molar-refractivity contribution in [3.05, 3.63) is 63.8 Å². The first-order chi connectivity index (χ1) is 8.65. The van der Waals surface area contributed by atoms with Crippen LogP contribution in [-0.2, 0) is 0 Å². The van der Waals surface area contributed by atoms with E-state index in [1.165, 1.54) is 11.3 Å².